The molecule has 1 aromatic heterocycles. The lowest BCUT2D eigenvalue weighted by atomic mass is 9.88. The van der Waals surface area contributed by atoms with E-state index in [0.29, 0.717) is 37.7 Å². The monoisotopic (exact) mass is 541 g/mol. The van der Waals surface area contributed by atoms with E-state index in [1.807, 2.05) is 41.3 Å². The number of nitrogens with one attached hydrogen (secondary N) is 2. The Morgan fingerprint density at radius 2 is 1.67 bits per heavy atom. The van der Waals surface area contributed by atoms with Crippen LogP contribution >= 0.6 is 11.3 Å². The quantitative estimate of drug-likeness (QED) is 0.291. The summed E-state index contributed by atoms with van der Waals surface area (Å²) in [7, 11) is 0. The molecule has 0 unspecified atom stereocenters. The van der Waals surface area contributed by atoms with E-state index in [1.165, 1.54) is 22.5 Å². The summed E-state index contributed by atoms with van der Waals surface area (Å²) in [6.45, 7) is 5.14. The first-order chi connectivity index (χ1) is 19.1. The Balaban J connectivity index is 1.32. The van der Waals surface area contributed by atoms with Gasteiger partial charge in [-0.15, -0.1) is 0 Å². The summed E-state index contributed by atoms with van der Waals surface area (Å²) in [5, 5.41) is 6.95. The summed E-state index contributed by atoms with van der Waals surface area (Å²) in [5.74, 6) is 0.221. The molecule has 0 spiro atoms. The molecule has 1 atom stereocenters. The topological polar surface area (TPSA) is 77.6 Å². The lowest BCUT2D eigenvalue weighted by molar-refractivity contribution is -0.132. The van der Waals surface area contributed by atoms with Crippen LogP contribution in [-0.4, -0.2) is 65.5 Å². The highest BCUT2D eigenvalue weighted by molar-refractivity contribution is 7.22. The SMILES string of the molecule is C[C@H]1CN(C(=O)CCN(CCC(c2ccccc2)c2ccccc2)C(=O)Nc2nc3ccccc3s2)CCN1. The van der Waals surface area contributed by atoms with E-state index in [2.05, 4.69) is 71.1 Å². The lowest BCUT2D eigenvalue weighted by Gasteiger charge is -2.33. The van der Waals surface area contributed by atoms with E-state index >= 15 is 0 Å². The fraction of sp³-hybridized carbons (Fsp3) is 0.323. The molecule has 0 saturated carbocycles. The van der Waals surface area contributed by atoms with Crippen LogP contribution in [0.4, 0.5) is 9.93 Å². The van der Waals surface area contributed by atoms with Crippen LogP contribution in [0.25, 0.3) is 10.2 Å². The predicted molar refractivity (Wildman–Crippen MR) is 158 cm³/mol. The van der Waals surface area contributed by atoms with Gasteiger partial charge >= 0.3 is 6.03 Å². The Kier molecular flexibility index (Phi) is 8.85. The average Bonchev–Trinajstić information content (AvgIpc) is 3.38. The number of piperazine rings is 1. The van der Waals surface area contributed by atoms with Crippen molar-refractivity contribution in [3.8, 4) is 0 Å². The minimum Gasteiger partial charge on any atom is -0.340 e. The minimum atomic E-state index is -0.226. The molecule has 1 aliphatic rings. The number of anilines is 1. The normalized spacial score (nSPS) is 15.4. The molecule has 3 aromatic carbocycles. The molecule has 7 nitrogen and oxygen atoms in total. The number of nitrogens with zero attached hydrogens (tertiary/aromatic N) is 3. The van der Waals surface area contributed by atoms with Crippen molar-refractivity contribution in [1.82, 2.24) is 20.1 Å². The zero-order valence-corrected chi connectivity index (χ0v) is 23.1. The van der Waals surface area contributed by atoms with Gasteiger partial charge in [0.2, 0.25) is 5.91 Å². The van der Waals surface area contributed by atoms with Crippen molar-refractivity contribution in [2.24, 2.45) is 0 Å². The maximum atomic E-state index is 13.6. The molecule has 0 aliphatic carbocycles. The van der Waals surface area contributed by atoms with E-state index in [-0.39, 0.29) is 23.9 Å². The molecule has 2 N–H and O–H groups in total. The molecule has 0 radical (unpaired) electrons. The number of amides is 3. The maximum Gasteiger partial charge on any atom is 0.323 e. The molecule has 1 fully saturated rings. The highest BCUT2D eigenvalue weighted by Gasteiger charge is 2.24. The number of thiazole rings is 1. The lowest BCUT2D eigenvalue weighted by Crippen LogP contribution is -2.52. The highest BCUT2D eigenvalue weighted by Crippen LogP contribution is 2.29. The Bertz CT molecular complexity index is 1310. The third-order valence-electron chi connectivity index (χ3n) is 7.20. The van der Waals surface area contributed by atoms with Crippen LogP contribution in [0.5, 0.6) is 0 Å². The van der Waals surface area contributed by atoms with E-state index in [9.17, 15) is 9.59 Å². The van der Waals surface area contributed by atoms with Crippen LogP contribution in [0.1, 0.15) is 36.8 Å². The number of urea groups is 1. The number of fused-ring (bicyclic) bond motifs is 1. The Morgan fingerprint density at radius 1 is 1.00 bits per heavy atom. The molecule has 0 bridgehead atoms. The van der Waals surface area contributed by atoms with Crippen LogP contribution in [-0.2, 0) is 4.79 Å². The van der Waals surface area contributed by atoms with Crippen molar-refractivity contribution >= 4 is 38.6 Å². The third-order valence-corrected chi connectivity index (χ3v) is 8.16. The number of hydrogen-bond donors (Lipinski definition) is 2. The van der Waals surface area contributed by atoms with Crippen molar-refractivity contribution in [2.45, 2.75) is 31.7 Å². The number of para-hydroxylation sites is 1. The second kappa shape index (κ2) is 12.9. The number of benzene rings is 3. The zero-order chi connectivity index (χ0) is 27.0. The van der Waals surface area contributed by atoms with Crippen LogP contribution < -0.4 is 10.6 Å². The van der Waals surface area contributed by atoms with E-state index in [4.69, 9.17) is 0 Å². The van der Waals surface area contributed by atoms with Crippen LogP contribution in [0.15, 0.2) is 84.9 Å². The summed E-state index contributed by atoms with van der Waals surface area (Å²) >= 11 is 1.46. The average molecular weight is 542 g/mol. The fourth-order valence-electron chi connectivity index (χ4n) is 5.14. The standard InChI is InChI=1S/C31H35N5O2S/c1-23-22-36(21-18-32-23)29(37)17-20-35(31(38)34-30-33-27-14-8-9-15-28(27)39-30)19-16-26(24-10-4-2-5-11-24)25-12-6-3-7-13-25/h2-15,23,26,32H,16-22H2,1H3,(H,33,34,38)/t23-/m0/s1. The van der Waals surface area contributed by atoms with Crippen molar-refractivity contribution in [3.63, 3.8) is 0 Å². The maximum absolute atomic E-state index is 13.6. The summed E-state index contributed by atoms with van der Waals surface area (Å²) in [6, 6.07) is 28.7. The second-order valence-corrected chi connectivity index (χ2v) is 11.0. The molecular formula is C31H35N5O2S. The van der Waals surface area contributed by atoms with E-state index < -0.39 is 0 Å². The first kappa shape index (κ1) is 26.8. The van der Waals surface area contributed by atoms with Gasteiger partial charge in [0.05, 0.1) is 10.2 Å². The van der Waals surface area contributed by atoms with Gasteiger partial charge in [-0.05, 0) is 36.6 Å². The van der Waals surface area contributed by atoms with Gasteiger partial charge in [-0.3, -0.25) is 10.1 Å². The van der Waals surface area contributed by atoms with Gasteiger partial charge in [-0.2, -0.15) is 0 Å². The molecule has 1 saturated heterocycles. The number of carbonyl (C=O) groups excluding carboxylic acids is 2. The molecule has 8 heteroatoms. The van der Waals surface area contributed by atoms with Gasteiger partial charge in [-0.25, -0.2) is 9.78 Å². The van der Waals surface area contributed by atoms with Gasteiger partial charge in [0.25, 0.3) is 0 Å². The largest absolute Gasteiger partial charge is 0.340 e. The molecule has 3 amide bonds. The van der Waals surface area contributed by atoms with Crippen molar-refractivity contribution in [2.75, 3.05) is 38.0 Å². The first-order valence-corrected chi connectivity index (χ1v) is 14.4. The molecule has 4 aromatic rings. The van der Waals surface area contributed by atoms with Gasteiger partial charge in [0.1, 0.15) is 0 Å². The number of carbonyl (C=O) groups is 2. The third kappa shape index (κ3) is 7.02. The molecule has 202 valence electrons. The van der Waals surface area contributed by atoms with Crippen LogP contribution in [0.2, 0.25) is 0 Å². The number of rotatable bonds is 9. The second-order valence-electron chi connectivity index (χ2n) is 10.0. The number of hydrogen-bond acceptors (Lipinski definition) is 5. The summed E-state index contributed by atoms with van der Waals surface area (Å²) in [5.41, 5.74) is 3.28. The van der Waals surface area contributed by atoms with Gasteiger partial charge < -0.3 is 15.1 Å². The van der Waals surface area contributed by atoms with Gasteiger partial charge in [-0.1, -0.05) is 84.1 Å². The number of aromatic nitrogens is 1. The zero-order valence-electron chi connectivity index (χ0n) is 22.3. The minimum absolute atomic E-state index is 0.0869. The molecule has 5 rings (SSSR count). The van der Waals surface area contributed by atoms with Crippen molar-refractivity contribution in [1.29, 1.82) is 0 Å². The molecule has 2 heterocycles. The van der Waals surface area contributed by atoms with E-state index in [1.54, 1.807) is 4.90 Å². The molecule has 1 aliphatic heterocycles. The highest BCUT2D eigenvalue weighted by atomic mass is 32.1. The van der Waals surface area contributed by atoms with Crippen LogP contribution in [0.3, 0.4) is 0 Å². The van der Waals surface area contributed by atoms with Crippen molar-refractivity contribution in [3.05, 3.63) is 96.1 Å². The summed E-state index contributed by atoms with van der Waals surface area (Å²) in [4.78, 5) is 34.9. The Morgan fingerprint density at radius 3 is 2.33 bits per heavy atom. The van der Waals surface area contributed by atoms with E-state index in [0.717, 1.165) is 23.2 Å². The first-order valence-electron chi connectivity index (χ1n) is 13.6. The molecule has 39 heavy (non-hydrogen) atoms. The van der Waals surface area contributed by atoms with Gasteiger partial charge in [0.15, 0.2) is 5.13 Å². The predicted octanol–water partition coefficient (Wildman–Crippen LogP) is 5.56. The smallest absolute Gasteiger partial charge is 0.323 e. The summed E-state index contributed by atoms with van der Waals surface area (Å²) < 4.78 is 1.02. The Labute approximate surface area is 233 Å². The molecular weight excluding hydrogens is 506 g/mol. The summed E-state index contributed by atoms with van der Waals surface area (Å²) in [6.07, 6.45) is 1.03. The van der Waals surface area contributed by atoms with Crippen LogP contribution in [0, 0.1) is 0 Å². The van der Waals surface area contributed by atoms with Gasteiger partial charge in [0, 0.05) is 51.1 Å². The fourth-order valence-corrected chi connectivity index (χ4v) is 6.00. The Hall–Kier alpha value is -3.75. The van der Waals surface area contributed by atoms with Crippen molar-refractivity contribution < 1.29 is 9.59 Å².